The molecule has 0 saturated carbocycles. The predicted molar refractivity (Wildman–Crippen MR) is 125 cm³/mol. The van der Waals surface area contributed by atoms with Crippen molar-refractivity contribution in [1.29, 1.82) is 0 Å². The number of hydrogen-bond acceptors (Lipinski definition) is 1. The highest BCUT2D eigenvalue weighted by Crippen LogP contribution is 2.20. The Kier molecular flexibility index (Phi) is 14.5. The van der Waals surface area contributed by atoms with E-state index in [4.69, 9.17) is 0 Å². The number of aliphatic imine (C=N–C) groups is 1. The quantitative estimate of drug-likeness (QED) is 0.118. The first-order chi connectivity index (χ1) is 11.8. The van der Waals surface area contributed by atoms with Crippen LogP contribution in [0.2, 0.25) is 50.4 Å². The third kappa shape index (κ3) is 16.8. The van der Waals surface area contributed by atoms with Crippen molar-refractivity contribution in [1.82, 2.24) is 0 Å². The largest absolute Gasteiger partial charge is 0.298 e. The Hall–Kier alpha value is -0.416. The third-order valence-electron chi connectivity index (χ3n) is 5.03. The van der Waals surface area contributed by atoms with Crippen molar-refractivity contribution in [3.8, 4) is 0 Å². The van der Waals surface area contributed by atoms with Crippen LogP contribution in [0.25, 0.3) is 0 Å². The van der Waals surface area contributed by atoms with E-state index in [-0.39, 0.29) is 0 Å². The molecule has 0 aromatic heterocycles. The van der Waals surface area contributed by atoms with E-state index in [9.17, 15) is 0 Å². The number of nitrogens with zero attached hydrogens (tertiary/aromatic N) is 1. The Morgan fingerprint density at radius 1 is 0.680 bits per heavy atom. The minimum absolute atomic E-state index is 0.950. The fourth-order valence-electron chi connectivity index (χ4n) is 3.05. The summed E-state index contributed by atoms with van der Waals surface area (Å²) in [6, 6.07) is 5.52. The van der Waals surface area contributed by atoms with E-state index in [2.05, 4.69) is 75.5 Å². The van der Waals surface area contributed by atoms with Gasteiger partial charge in [-0.25, -0.2) is 0 Å². The van der Waals surface area contributed by atoms with Crippen molar-refractivity contribution < 1.29 is 0 Å². The van der Waals surface area contributed by atoms with Gasteiger partial charge in [0.15, 0.2) is 0 Å². The van der Waals surface area contributed by atoms with E-state index in [0.717, 1.165) is 6.54 Å². The SMILES string of the molecule is C/C=C/C[Si](C)(C)CCC=NCCCCCCC[Si](C)(C)C/C=C/C. The molecule has 0 aliphatic rings. The van der Waals surface area contributed by atoms with E-state index in [1.165, 1.54) is 62.7 Å². The molecule has 0 fully saturated rings. The van der Waals surface area contributed by atoms with Gasteiger partial charge in [0.25, 0.3) is 0 Å². The van der Waals surface area contributed by atoms with Crippen molar-refractivity contribution in [2.24, 2.45) is 4.99 Å². The fourth-order valence-corrected chi connectivity index (χ4v) is 7.33. The molecule has 0 aliphatic carbocycles. The zero-order valence-electron chi connectivity index (χ0n) is 18.1. The summed E-state index contributed by atoms with van der Waals surface area (Å²) in [5.41, 5.74) is 0. The number of unbranched alkanes of at least 4 members (excludes halogenated alkanes) is 4. The van der Waals surface area contributed by atoms with E-state index < -0.39 is 16.1 Å². The predicted octanol–water partition coefficient (Wildman–Crippen LogP) is 7.97. The highest BCUT2D eigenvalue weighted by atomic mass is 28.3. The van der Waals surface area contributed by atoms with Crippen LogP contribution in [0.4, 0.5) is 0 Å². The minimum atomic E-state index is -1.02. The van der Waals surface area contributed by atoms with Gasteiger partial charge in [-0.15, -0.1) is 0 Å². The van der Waals surface area contributed by atoms with Gasteiger partial charge < -0.3 is 0 Å². The number of allylic oxidation sites excluding steroid dienone is 4. The molecule has 0 N–H and O–H groups in total. The smallest absolute Gasteiger partial charge is 0.0514 e. The summed E-state index contributed by atoms with van der Waals surface area (Å²) < 4.78 is 0. The molecule has 0 amide bonds. The van der Waals surface area contributed by atoms with Crippen LogP contribution in [0.15, 0.2) is 29.3 Å². The maximum absolute atomic E-state index is 4.62. The molecule has 1 nitrogen and oxygen atoms in total. The van der Waals surface area contributed by atoms with Gasteiger partial charge in [0.05, 0.1) is 16.1 Å². The summed E-state index contributed by atoms with van der Waals surface area (Å²) >= 11 is 0. The van der Waals surface area contributed by atoms with Gasteiger partial charge in [-0.2, -0.15) is 0 Å². The van der Waals surface area contributed by atoms with E-state index in [1.807, 2.05) is 0 Å². The molecule has 0 rings (SSSR count). The second kappa shape index (κ2) is 14.7. The maximum Gasteiger partial charge on any atom is 0.0514 e. The monoisotopic (exact) mass is 379 g/mol. The Balaban J connectivity index is 3.55. The highest BCUT2D eigenvalue weighted by molar-refractivity contribution is 6.78. The molecule has 0 atom stereocenters. The van der Waals surface area contributed by atoms with Gasteiger partial charge in [0.2, 0.25) is 0 Å². The molecule has 0 saturated heterocycles. The Morgan fingerprint density at radius 2 is 1.20 bits per heavy atom. The van der Waals surface area contributed by atoms with E-state index in [1.54, 1.807) is 0 Å². The molecule has 0 unspecified atom stereocenters. The number of hydrogen-bond donors (Lipinski definition) is 0. The average Bonchev–Trinajstić information content (AvgIpc) is 2.56. The molecule has 0 aliphatic heterocycles. The Labute approximate surface area is 161 Å². The van der Waals surface area contributed by atoms with Gasteiger partial charge in [0.1, 0.15) is 0 Å². The highest BCUT2D eigenvalue weighted by Gasteiger charge is 2.18. The summed E-state index contributed by atoms with van der Waals surface area (Å²) in [6.45, 7) is 15.3. The molecule has 25 heavy (non-hydrogen) atoms. The van der Waals surface area contributed by atoms with Crippen LogP contribution < -0.4 is 0 Å². The summed E-state index contributed by atoms with van der Waals surface area (Å²) in [5, 5.41) is 0. The standard InChI is InChI=1S/C22H45NSi2/c1-7-9-19-24(3,4)21-15-13-11-12-14-17-23-18-16-22-25(5,6)20-10-8-2/h7-10,18H,11-17,19-22H2,1-6H3/b9-7+,10-8+,23-18?. The van der Waals surface area contributed by atoms with Gasteiger partial charge in [-0.1, -0.05) is 88.3 Å². The molecule has 0 heterocycles. The van der Waals surface area contributed by atoms with Crippen LogP contribution in [0.5, 0.6) is 0 Å². The first-order valence-corrected chi connectivity index (χ1v) is 17.4. The summed E-state index contributed by atoms with van der Waals surface area (Å²) in [5.74, 6) is 0. The third-order valence-corrected chi connectivity index (χ3v) is 11.1. The van der Waals surface area contributed by atoms with Crippen LogP contribution in [0.1, 0.15) is 52.4 Å². The van der Waals surface area contributed by atoms with Crippen molar-refractivity contribution in [3.05, 3.63) is 24.3 Å². The first-order valence-electron chi connectivity index (χ1n) is 10.5. The molecule has 0 spiro atoms. The van der Waals surface area contributed by atoms with Crippen LogP contribution in [-0.4, -0.2) is 28.9 Å². The van der Waals surface area contributed by atoms with Gasteiger partial charge in [-0.3, -0.25) is 4.99 Å². The second-order valence-electron chi connectivity index (χ2n) is 9.02. The molecule has 0 aromatic carbocycles. The van der Waals surface area contributed by atoms with Gasteiger partial charge >= 0.3 is 0 Å². The maximum atomic E-state index is 4.62. The number of rotatable bonds is 15. The molecule has 146 valence electrons. The second-order valence-corrected chi connectivity index (χ2v) is 19.5. The Bertz CT molecular complexity index is 395. The van der Waals surface area contributed by atoms with Crippen molar-refractivity contribution >= 4 is 22.4 Å². The lowest BCUT2D eigenvalue weighted by Gasteiger charge is -2.20. The molecule has 0 bridgehead atoms. The average molecular weight is 380 g/mol. The minimum Gasteiger partial charge on any atom is -0.298 e. The Morgan fingerprint density at radius 3 is 1.80 bits per heavy atom. The van der Waals surface area contributed by atoms with Gasteiger partial charge in [0, 0.05) is 6.54 Å². The van der Waals surface area contributed by atoms with Crippen LogP contribution in [0, 0.1) is 0 Å². The van der Waals surface area contributed by atoms with Crippen molar-refractivity contribution in [3.63, 3.8) is 0 Å². The lowest BCUT2D eigenvalue weighted by atomic mass is 10.1. The van der Waals surface area contributed by atoms with Crippen LogP contribution in [0.3, 0.4) is 0 Å². The summed E-state index contributed by atoms with van der Waals surface area (Å²) in [6.07, 6.45) is 19.4. The lowest BCUT2D eigenvalue weighted by molar-refractivity contribution is 0.636. The fraction of sp³-hybridized carbons (Fsp3) is 0.773. The summed E-state index contributed by atoms with van der Waals surface area (Å²) in [4.78, 5) is 4.62. The molecule has 0 radical (unpaired) electrons. The summed E-state index contributed by atoms with van der Waals surface area (Å²) in [7, 11) is -1.97. The van der Waals surface area contributed by atoms with Crippen LogP contribution >= 0.6 is 0 Å². The molecular weight excluding hydrogens is 334 g/mol. The van der Waals surface area contributed by atoms with Crippen molar-refractivity contribution in [2.75, 3.05) is 6.54 Å². The van der Waals surface area contributed by atoms with Crippen molar-refractivity contribution in [2.45, 2.75) is 103 Å². The molecular formula is C22H45NSi2. The topological polar surface area (TPSA) is 12.4 Å². The van der Waals surface area contributed by atoms with E-state index >= 15 is 0 Å². The van der Waals surface area contributed by atoms with E-state index in [0.29, 0.717) is 0 Å². The lowest BCUT2D eigenvalue weighted by Crippen LogP contribution is -2.23. The van der Waals surface area contributed by atoms with Crippen LogP contribution in [-0.2, 0) is 0 Å². The molecule has 3 heteroatoms. The molecule has 0 aromatic rings. The van der Waals surface area contributed by atoms with Gasteiger partial charge in [-0.05, 0) is 45.0 Å². The normalized spacial score (nSPS) is 13.7. The zero-order chi connectivity index (χ0) is 19.0. The zero-order valence-corrected chi connectivity index (χ0v) is 20.1. The first kappa shape index (κ1) is 24.6.